The van der Waals surface area contributed by atoms with E-state index in [9.17, 15) is 18.0 Å². The molecule has 2 N–H and O–H groups in total. The molecule has 1 aromatic heterocycles. The molecule has 0 aliphatic rings. The molecule has 18 heavy (non-hydrogen) atoms. The van der Waals surface area contributed by atoms with Crippen molar-refractivity contribution in [3.63, 3.8) is 0 Å². The number of hydrogen-bond donors (Lipinski definition) is 1. The fourth-order valence-electron chi connectivity index (χ4n) is 1.57. The van der Waals surface area contributed by atoms with E-state index in [1.54, 1.807) is 13.8 Å². The van der Waals surface area contributed by atoms with Gasteiger partial charge in [-0.05, 0) is 13.8 Å². The Morgan fingerprint density at radius 2 is 2.06 bits per heavy atom. The van der Waals surface area contributed by atoms with Crippen LogP contribution in [0.4, 0.5) is 18.9 Å². The Kier molecular flexibility index (Phi) is 3.88. The Bertz CT molecular complexity index is 453. The highest BCUT2D eigenvalue weighted by Gasteiger charge is 2.33. The number of hydrogen-bond acceptors (Lipinski definition) is 3. The number of halogens is 3. The molecule has 1 heterocycles. The minimum Gasteiger partial charge on any atom is -0.395 e. The van der Waals surface area contributed by atoms with Gasteiger partial charge < -0.3 is 10.6 Å². The number of nitrogens with two attached hydrogens (primary N) is 1. The molecule has 0 unspecified atom stereocenters. The van der Waals surface area contributed by atoms with Crippen molar-refractivity contribution >= 4 is 11.6 Å². The average molecular weight is 264 g/mol. The van der Waals surface area contributed by atoms with E-state index in [2.05, 4.69) is 5.10 Å². The van der Waals surface area contributed by atoms with Crippen molar-refractivity contribution in [1.29, 1.82) is 0 Å². The predicted octanol–water partition coefficient (Wildman–Crippen LogP) is 1.43. The summed E-state index contributed by atoms with van der Waals surface area (Å²) in [5.41, 5.74) is 6.22. The Hall–Kier alpha value is -1.73. The minimum atomic E-state index is -4.44. The molecule has 5 nitrogen and oxygen atoms in total. The second-order valence-electron chi connectivity index (χ2n) is 3.94. The van der Waals surface area contributed by atoms with E-state index >= 15 is 0 Å². The fourth-order valence-corrected chi connectivity index (χ4v) is 1.57. The molecule has 1 aromatic rings. The summed E-state index contributed by atoms with van der Waals surface area (Å²) in [6.07, 6.45) is -4.44. The lowest BCUT2D eigenvalue weighted by atomic mass is 10.2. The van der Waals surface area contributed by atoms with E-state index in [1.165, 1.54) is 4.68 Å². The SMILES string of the molecule is CCn1nc(C)c(N)c1C(=O)N(C)CC(F)(F)F. The molecule has 0 radical (unpaired) electrons. The van der Waals surface area contributed by atoms with Crippen LogP contribution in [-0.4, -0.2) is 40.4 Å². The van der Waals surface area contributed by atoms with Gasteiger partial charge in [-0.3, -0.25) is 9.48 Å². The number of rotatable bonds is 3. The molecule has 102 valence electrons. The zero-order chi connectivity index (χ0) is 14.1. The van der Waals surface area contributed by atoms with Crippen LogP contribution in [0.25, 0.3) is 0 Å². The number of aromatic nitrogens is 2. The van der Waals surface area contributed by atoms with Gasteiger partial charge in [-0.15, -0.1) is 0 Å². The zero-order valence-electron chi connectivity index (χ0n) is 10.4. The minimum absolute atomic E-state index is 0.00162. The van der Waals surface area contributed by atoms with Gasteiger partial charge in [0.1, 0.15) is 12.2 Å². The highest BCUT2D eigenvalue weighted by molar-refractivity contribution is 5.97. The molecule has 0 saturated heterocycles. The van der Waals surface area contributed by atoms with E-state index in [4.69, 9.17) is 5.73 Å². The van der Waals surface area contributed by atoms with E-state index in [0.29, 0.717) is 17.1 Å². The smallest absolute Gasteiger partial charge is 0.395 e. The number of carbonyl (C=O) groups is 1. The number of carbonyl (C=O) groups excluding carboxylic acids is 1. The average Bonchev–Trinajstić information content (AvgIpc) is 2.51. The number of aryl methyl sites for hydroxylation is 2. The van der Waals surface area contributed by atoms with Crippen molar-refractivity contribution in [2.24, 2.45) is 0 Å². The lowest BCUT2D eigenvalue weighted by molar-refractivity contribution is -0.138. The highest BCUT2D eigenvalue weighted by atomic mass is 19.4. The highest BCUT2D eigenvalue weighted by Crippen LogP contribution is 2.21. The van der Waals surface area contributed by atoms with Crippen molar-refractivity contribution in [2.45, 2.75) is 26.6 Å². The summed E-state index contributed by atoms with van der Waals surface area (Å²) < 4.78 is 38.0. The fraction of sp³-hybridized carbons (Fsp3) is 0.600. The van der Waals surface area contributed by atoms with Crippen LogP contribution in [0.2, 0.25) is 0 Å². The third kappa shape index (κ3) is 2.93. The van der Waals surface area contributed by atoms with Crippen LogP contribution in [-0.2, 0) is 6.54 Å². The Labute approximate surface area is 102 Å². The van der Waals surface area contributed by atoms with Gasteiger partial charge in [0.15, 0.2) is 0 Å². The third-order valence-corrected chi connectivity index (χ3v) is 2.44. The largest absolute Gasteiger partial charge is 0.406 e. The first-order chi connectivity index (χ1) is 8.17. The molecular weight excluding hydrogens is 249 g/mol. The van der Waals surface area contributed by atoms with Crippen LogP contribution < -0.4 is 5.73 Å². The van der Waals surface area contributed by atoms with Gasteiger partial charge in [0.2, 0.25) is 0 Å². The number of amides is 1. The monoisotopic (exact) mass is 264 g/mol. The molecule has 0 spiro atoms. The van der Waals surface area contributed by atoms with E-state index < -0.39 is 18.6 Å². The van der Waals surface area contributed by atoms with Crippen molar-refractivity contribution < 1.29 is 18.0 Å². The van der Waals surface area contributed by atoms with Gasteiger partial charge in [-0.2, -0.15) is 18.3 Å². The topological polar surface area (TPSA) is 64.2 Å². The lowest BCUT2D eigenvalue weighted by Gasteiger charge is -2.19. The van der Waals surface area contributed by atoms with Crippen molar-refractivity contribution in [1.82, 2.24) is 14.7 Å². The standard InChI is InChI=1S/C10H15F3N4O/c1-4-17-8(7(14)6(2)15-17)9(18)16(3)5-10(11,12)13/h4-5,14H2,1-3H3. The molecule has 0 aliphatic heterocycles. The second kappa shape index (κ2) is 4.87. The summed E-state index contributed by atoms with van der Waals surface area (Å²) >= 11 is 0. The van der Waals surface area contributed by atoms with Gasteiger partial charge >= 0.3 is 6.18 Å². The molecule has 0 bridgehead atoms. The van der Waals surface area contributed by atoms with Crippen molar-refractivity contribution in [3.8, 4) is 0 Å². The van der Waals surface area contributed by atoms with Crippen LogP contribution in [0.1, 0.15) is 23.1 Å². The number of nitrogen functional groups attached to an aromatic ring is 1. The summed E-state index contributed by atoms with van der Waals surface area (Å²) in [5, 5.41) is 3.99. The molecule has 0 saturated carbocycles. The third-order valence-electron chi connectivity index (χ3n) is 2.44. The molecule has 1 amide bonds. The van der Waals surface area contributed by atoms with Crippen molar-refractivity contribution in [2.75, 3.05) is 19.3 Å². The Balaban J connectivity index is 3.03. The van der Waals surface area contributed by atoms with Crippen LogP contribution in [0.15, 0.2) is 0 Å². The summed E-state index contributed by atoms with van der Waals surface area (Å²) in [6.45, 7) is 2.37. The lowest BCUT2D eigenvalue weighted by Crippen LogP contribution is -2.37. The van der Waals surface area contributed by atoms with Gasteiger partial charge in [-0.1, -0.05) is 0 Å². The molecule has 0 atom stereocenters. The summed E-state index contributed by atoms with van der Waals surface area (Å²) in [4.78, 5) is 12.5. The maximum absolute atomic E-state index is 12.2. The van der Waals surface area contributed by atoms with Gasteiger partial charge in [0, 0.05) is 13.6 Å². The van der Waals surface area contributed by atoms with E-state index in [0.717, 1.165) is 7.05 Å². The maximum Gasteiger partial charge on any atom is 0.406 e. The molecule has 0 aliphatic carbocycles. The number of alkyl halides is 3. The zero-order valence-corrected chi connectivity index (χ0v) is 10.4. The van der Waals surface area contributed by atoms with Crippen LogP contribution in [0, 0.1) is 6.92 Å². The van der Waals surface area contributed by atoms with Gasteiger partial charge in [-0.25, -0.2) is 0 Å². The maximum atomic E-state index is 12.2. The molecule has 1 rings (SSSR count). The molecule has 8 heteroatoms. The normalized spacial score (nSPS) is 11.7. The van der Waals surface area contributed by atoms with Crippen LogP contribution >= 0.6 is 0 Å². The predicted molar refractivity (Wildman–Crippen MR) is 60.1 cm³/mol. The first-order valence-corrected chi connectivity index (χ1v) is 5.32. The quantitative estimate of drug-likeness (QED) is 0.898. The van der Waals surface area contributed by atoms with E-state index in [1.807, 2.05) is 0 Å². The van der Waals surface area contributed by atoms with Crippen LogP contribution in [0.3, 0.4) is 0 Å². The Morgan fingerprint density at radius 3 is 2.50 bits per heavy atom. The summed E-state index contributed by atoms with van der Waals surface area (Å²) in [5.74, 6) is -0.785. The second-order valence-corrected chi connectivity index (χ2v) is 3.94. The molecule has 0 fully saturated rings. The summed E-state index contributed by atoms with van der Waals surface area (Å²) in [6, 6.07) is 0. The van der Waals surface area contributed by atoms with Gasteiger partial charge in [0.25, 0.3) is 5.91 Å². The number of anilines is 1. The summed E-state index contributed by atoms with van der Waals surface area (Å²) in [7, 11) is 1.08. The van der Waals surface area contributed by atoms with Crippen LogP contribution in [0.5, 0.6) is 0 Å². The van der Waals surface area contributed by atoms with E-state index in [-0.39, 0.29) is 11.4 Å². The number of nitrogens with zero attached hydrogens (tertiary/aromatic N) is 3. The van der Waals surface area contributed by atoms with Crippen molar-refractivity contribution in [3.05, 3.63) is 11.4 Å². The molecular formula is C10H15F3N4O. The Morgan fingerprint density at radius 1 is 1.50 bits per heavy atom. The first-order valence-electron chi connectivity index (χ1n) is 5.32. The first kappa shape index (κ1) is 14.3. The van der Waals surface area contributed by atoms with Gasteiger partial charge in [0.05, 0.1) is 11.4 Å². The molecule has 0 aromatic carbocycles.